The van der Waals surface area contributed by atoms with Crippen LogP contribution < -0.4 is 49.1 Å². The first-order valence-corrected chi connectivity index (χ1v) is 18.1. The summed E-state index contributed by atoms with van der Waals surface area (Å²) in [6.45, 7) is 6.27. The number of aliphatic hydroxyl groups excluding tert-OH is 1. The molecule has 1 rings (SSSR count). The maximum atomic E-state index is 13.3. The molecule has 0 aromatic carbocycles. The average molecular weight is 728 g/mol. The lowest BCUT2D eigenvalue weighted by atomic mass is 9.81. The van der Waals surface area contributed by atoms with Crippen molar-refractivity contribution in [3.05, 3.63) is 0 Å². The van der Waals surface area contributed by atoms with E-state index < -0.39 is 78.4 Å². The van der Waals surface area contributed by atoms with Crippen LogP contribution >= 0.6 is 0 Å². The maximum absolute atomic E-state index is 13.3. The van der Waals surface area contributed by atoms with Crippen LogP contribution in [0.3, 0.4) is 0 Å². The number of unbranched alkanes of at least 4 members (excludes halogenated alkanes) is 8. The summed E-state index contributed by atoms with van der Waals surface area (Å²) in [5, 5.41) is 44.0. The summed E-state index contributed by atoms with van der Waals surface area (Å²) in [5.41, 5.74) is 15.0. The van der Waals surface area contributed by atoms with E-state index in [9.17, 15) is 43.9 Å². The molecule has 6 amide bonds. The van der Waals surface area contributed by atoms with E-state index in [4.69, 9.17) is 17.2 Å². The van der Waals surface area contributed by atoms with Gasteiger partial charge in [-0.2, -0.15) is 0 Å². The van der Waals surface area contributed by atoms with E-state index in [1.54, 1.807) is 0 Å². The molecule has 0 heterocycles. The van der Waals surface area contributed by atoms with Crippen LogP contribution in [-0.2, 0) is 28.8 Å². The lowest BCUT2D eigenvalue weighted by molar-refractivity contribution is -0.137. The summed E-state index contributed by atoms with van der Waals surface area (Å²) in [6.07, 6.45) is 7.53. The molecule has 1 aliphatic carbocycles. The average Bonchev–Trinajstić information content (AvgIpc) is 3.80. The van der Waals surface area contributed by atoms with Crippen molar-refractivity contribution in [3.63, 3.8) is 0 Å². The number of hydrogen-bond donors (Lipinski definition) is 12. The smallest absolute Gasteiger partial charge is 0.426 e. The normalized spacial score (nSPS) is 19.4. The number of amides is 6. The van der Waals surface area contributed by atoms with Crippen molar-refractivity contribution in [3.8, 4) is 0 Å². The van der Waals surface area contributed by atoms with Crippen LogP contribution in [0.25, 0.3) is 0 Å². The number of hydrogen-bond acceptors (Lipinski definition) is 12. The number of rotatable bonds is 28. The van der Waals surface area contributed by atoms with Crippen molar-refractivity contribution in [1.82, 2.24) is 31.9 Å². The van der Waals surface area contributed by atoms with Gasteiger partial charge in [-0.05, 0) is 59.0 Å². The molecule has 0 aromatic heterocycles. The summed E-state index contributed by atoms with van der Waals surface area (Å²) >= 11 is 0. The van der Waals surface area contributed by atoms with E-state index in [-0.39, 0.29) is 25.2 Å². The molecule has 1 fully saturated rings. The summed E-state index contributed by atoms with van der Waals surface area (Å²) in [7, 11) is -1.93. The maximum Gasteiger partial charge on any atom is 0.475 e. The van der Waals surface area contributed by atoms with Crippen molar-refractivity contribution in [1.29, 1.82) is 0 Å². The molecule has 1 saturated carbocycles. The minimum atomic E-state index is -1.93. The predicted octanol–water partition coefficient (Wildman–Crippen LogP) is -3.14. The summed E-state index contributed by atoms with van der Waals surface area (Å²) in [5.74, 6) is -7.38. The highest BCUT2D eigenvalue weighted by atomic mass is 16.4. The van der Waals surface area contributed by atoms with Gasteiger partial charge in [0.15, 0.2) is 6.17 Å². The Morgan fingerprint density at radius 2 is 1.45 bits per heavy atom. The number of nitrogens with two attached hydrogens (primary N) is 3. The van der Waals surface area contributed by atoms with E-state index in [2.05, 4.69) is 38.8 Å². The zero-order valence-electron chi connectivity index (χ0n) is 30.4. The Bertz CT molecular complexity index is 1130. The fraction of sp³-hybridized carbons (Fsp3) is 0.812. The molecule has 19 heteroatoms. The minimum absolute atomic E-state index is 0.123. The van der Waals surface area contributed by atoms with Crippen LogP contribution in [-0.4, -0.2) is 113 Å². The van der Waals surface area contributed by atoms with Gasteiger partial charge >= 0.3 is 7.12 Å². The van der Waals surface area contributed by atoms with Crippen LogP contribution in [0.15, 0.2) is 0 Å². The largest absolute Gasteiger partial charge is 0.475 e. The lowest BCUT2D eigenvalue weighted by Crippen LogP contribution is -2.64. The summed E-state index contributed by atoms with van der Waals surface area (Å²) in [6, 6.07) is -2.64. The predicted molar refractivity (Wildman–Crippen MR) is 191 cm³/mol. The van der Waals surface area contributed by atoms with Crippen LogP contribution in [0.2, 0.25) is 0 Å². The van der Waals surface area contributed by atoms with Crippen LogP contribution in [0.4, 0.5) is 0 Å². The van der Waals surface area contributed by atoms with Gasteiger partial charge in [0.2, 0.25) is 29.5 Å². The topological polar surface area (TPSA) is 313 Å². The van der Waals surface area contributed by atoms with E-state index in [0.717, 1.165) is 19.4 Å². The molecule has 15 N–H and O–H groups in total. The fourth-order valence-electron chi connectivity index (χ4n) is 5.47. The van der Waals surface area contributed by atoms with E-state index in [1.165, 1.54) is 52.4 Å². The van der Waals surface area contributed by atoms with Crippen LogP contribution in [0.1, 0.15) is 104 Å². The third-order valence-corrected chi connectivity index (χ3v) is 8.84. The van der Waals surface area contributed by atoms with Crippen molar-refractivity contribution in [2.75, 3.05) is 19.6 Å². The number of nitrogens with one attached hydrogen (secondary N) is 6. The van der Waals surface area contributed by atoms with Gasteiger partial charge in [0.1, 0.15) is 17.6 Å². The second-order valence-electron chi connectivity index (χ2n) is 13.4. The highest BCUT2D eigenvalue weighted by molar-refractivity contribution is 6.43. The van der Waals surface area contributed by atoms with E-state index >= 15 is 0 Å². The van der Waals surface area contributed by atoms with Crippen LogP contribution in [0.5, 0.6) is 0 Å². The molecule has 0 spiro atoms. The van der Waals surface area contributed by atoms with Gasteiger partial charge in [-0.25, -0.2) is 0 Å². The molecule has 51 heavy (non-hydrogen) atoms. The monoisotopic (exact) mass is 727 g/mol. The van der Waals surface area contributed by atoms with Crippen molar-refractivity contribution < 1.29 is 43.9 Å². The molecule has 292 valence electrons. The summed E-state index contributed by atoms with van der Waals surface area (Å²) in [4.78, 5) is 76.7. The highest BCUT2D eigenvalue weighted by Gasteiger charge is 2.64. The van der Waals surface area contributed by atoms with Crippen LogP contribution in [0, 0.1) is 5.92 Å². The summed E-state index contributed by atoms with van der Waals surface area (Å²) < 4.78 is 0. The Balaban J connectivity index is 2.74. The SMILES string of the molecule is CCCCCCCCCCNCCC(=O)N[C@@H](CCCCN)C(=O)N[C@H](C(=O)N[C@@H](N)C(=O)NC1(C(=O)N[C@@H](C)B(O)O)C[C@H]1C(N)=O)[C@@H](C)O. The molecule has 1 unspecified atom stereocenters. The van der Waals surface area contributed by atoms with E-state index in [1.807, 2.05) is 0 Å². The highest BCUT2D eigenvalue weighted by Crippen LogP contribution is 2.43. The fourth-order valence-corrected chi connectivity index (χ4v) is 5.47. The second-order valence-corrected chi connectivity index (χ2v) is 13.4. The first kappa shape index (κ1) is 45.7. The van der Waals surface area contributed by atoms with Gasteiger partial charge in [0.25, 0.3) is 5.91 Å². The number of carbonyl (C=O) groups excluding carboxylic acids is 6. The molecule has 1 aliphatic rings. The molecule has 0 radical (unpaired) electrons. The zero-order chi connectivity index (χ0) is 38.6. The minimum Gasteiger partial charge on any atom is -0.426 e. The third-order valence-electron chi connectivity index (χ3n) is 8.84. The number of primary amides is 1. The Morgan fingerprint density at radius 1 is 0.824 bits per heavy atom. The molecule has 0 aromatic rings. The first-order valence-electron chi connectivity index (χ1n) is 18.1. The van der Waals surface area contributed by atoms with Gasteiger partial charge in [0.05, 0.1) is 18.0 Å². The third kappa shape index (κ3) is 16.7. The lowest BCUT2D eigenvalue weighted by Gasteiger charge is -2.27. The molecular weight excluding hydrogens is 665 g/mol. The molecule has 7 atom stereocenters. The molecule has 18 nitrogen and oxygen atoms in total. The Labute approximate surface area is 301 Å². The second kappa shape index (κ2) is 24.0. The van der Waals surface area contributed by atoms with Gasteiger partial charge in [-0.1, -0.05) is 51.9 Å². The zero-order valence-corrected chi connectivity index (χ0v) is 30.4. The molecule has 0 aliphatic heterocycles. The van der Waals surface area contributed by atoms with Gasteiger partial charge in [-0.3, -0.25) is 28.8 Å². The van der Waals surface area contributed by atoms with Gasteiger partial charge in [0, 0.05) is 13.0 Å². The Kier molecular flexibility index (Phi) is 21.5. The number of aliphatic hydroxyl groups is 1. The molecular formula is C32H62BN9O9. The first-order chi connectivity index (χ1) is 24.1. The van der Waals surface area contributed by atoms with Crippen molar-refractivity contribution in [2.24, 2.45) is 23.1 Å². The Morgan fingerprint density at radius 3 is 2.00 bits per heavy atom. The van der Waals surface area contributed by atoms with Crippen molar-refractivity contribution >= 4 is 42.6 Å². The Hall–Kier alpha value is -3.36. The standard InChI is InChI=1S/C32H62BN9O9/c1-4-5-6-7-8-9-10-13-17-37-18-15-24(44)39-23(14-11-12-16-34)28(46)40-25(20(2)43)29(47)41-26(35)30(48)42-32(19-22(32)27(36)45)31(49)38-21(3)33(50)51/h20-23,25-26,37,43,50-51H,4-19,34-35H2,1-3H3,(H2,36,45)(H,38,49)(H,39,44)(H,40,46)(H,41,47)(H,42,48)/t20-,21+,22+,23+,25+,26-,32?/m1/s1. The molecule has 0 bridgehead atoms. The van der Waals surface area contributed by atoms with E-state index in [0.29, 0.717) is 25.9 Å². The quantitative estimate of drug-likeness (QED) is 0.0216. The van der Waals surface area contributed by atoms with Gasteiger partial charge < -0.3 is 64.3 Å². The molecule has 0 saturated heterocycles. The van der Waals surface area contributed by atoms with Gasteiger partial charge in [-0.15, -0.1) is 0 Å². The van der Waals surface area contributed by atoms with Crippen molar-refractivity contribution in [2.45, 2.75) is 140 Å². The number of carbonyl (C=O) groups is 6.